The molecule has 0 aliphatic rings. The van der Waals surface area contributed by atoms with Gasteiger partial charge < -0.3 is 19.2 Å². The van der Waals surface area contributed by atoms with Crippen LogP contribution in [0.5, 0.6) is 17.2 Å². The number of carbonyl (C=O) groups is 2. The third-order valence-corrected chi connectivity index (χ3v) is 7.22. The Kier molecular flexibility index (Phi) is 8.90. The van der Waals surface area contributed by atoms with Crippen molar-refractivity contribution in [2.24, 2.45) is 5.10 Å². The molecule has 0 unspecified atom stereocenters. The molecule has 0 bridgehead atoms. The van der Waals surface area contributed by atoms with Gasteiger partial charge in [0.15, 0.2) is 11.5 Å². The van der Waals surface area contributed by atoms with Crippen LogP contribution in [0.3, 0.4) is 0 Å². The molecule has 2 N–H and O–H groups in total. The van der Waals surface area contributed by atoms with Crippen LogP contribution in [0.4, 0.5) is 0 Å². The van der Waals surface area contributed by atoms with Crippen LogP contribution in [-0.4, -0.2) is 36.8 Å². The highest BCUT2D eigenvalue weighted by Gasteiger charge is 2.23. The molecule has 5 rings (SSSR count). The summed E-state index contributed by atoms with van der Waals surface area (Å²) in [6, 6.07) is 24.7. The normalized spacial score (nSPS) is 11.0. The summed E-state index contributed by atoms with van der Waals surface area (Å²) in [7, 11) is 1.58. The van der Waals surface area contributed by atoms with Crippen molar-refractivity contribution in [2.75, 3.05) is 13.7 Å². The number of rotatable bonds is 9. The molecule has 0 aliphatic carbocycles. The quantitative estimate of drug-likeness (QED) is 0.0742. The smallest absolute Gasteiger partial charge is 0.343 e. The summed E-state index contributed by atoms with van der Waals surface area (Å²) in [5, 5.41) is 5.51. The number of hydrogen-bond donors (Lipinski definition) is 2. The van der Waals surface area contributed by atoms with Crippen LogP contribution in [-0.2, 0) is 0 Å². The first-order valence-electron chi connectivity index (χ1n) is 12.9. The Bertz CT molecular complexity index is 1790. The lowest BCUT2D eigenvalue weighted by Crippen LogP contribution is -2.19. The lowest BCUT2D eigenvalue weighted by atomic mass is 10.0. The molecule has 1 amide bonds. The number of esters is 1. The highest BCUT2D eigenvalue weighted by Crippen LogP contribution is 2.40. The van der Waals surface area contributed by atoms with Gasteiger partial charge in [-0.3, -0.25) is 4.79 Å². The van der Waals surface area contributed by atoms with Gasteiger partial charge in [-0.2, -0.15) is 5.10 Å². The van der Waals surface area contributed by atoms with Crippen LogP contribution < -0.4 is 19.6 Å². The summed E-state index contributed by atoms with van der Waals surface area (Å²) in [5.74, 6) is 0.233. The zero-order valence-electron chi connectivity index (χ0n) is 22.6. The fourth-order valence-electron chi connectivity index (χ4n) is 4.40. The summed E-state index contributed by atoms with van der Waals surface area (Å²) >= 11 is 9.53. The summed E-state index contributed by atoms with van der Waals surface area (Å²) < 4.78 is 17.6. The third kappa shape index (κ3) is 6.17. The molecular weight excluding hydrogens is 622 g/mol. The van der Waals surface area contributed by atoms with E-state index in [1.165, 1.54) is 6.21 Å². The Morgan fingerprint density at radius 3 is 2.43 bits per heavy atom. The SMILES string of the molecule is CCOc1cc(C=NNC(=O)c2[nH]c3c(OC)ccc(Br)c3c2-c2ccccc2)ccc1OC(=O)c1ccc(Cl)cc1. The van der Waals surface area contributed by atoms with Crippen LogP contribution >= 0.6 is 27.5 Å². The second kappa shape index (κ2) is 12.9. The van der Waals surface area contributed by atoms with E-state index in [4.69, 9.17) is 25.8 Å². The second-order valence-corrected chi connectivity index (χ2v) is 10.3. The van der Waals surface area contributed by atoms with Gasteiger partial charge in [-0.05, 0) is 72.6 Å². The van der Waals surface area contributed by atoms with Crippen molar-refractivity contribution in [3.63, 3.8) is 0 Å². The Balaban J connectivity index is 1.39. The predicted molar refractivity (Wildman–Crippen MR) is 167 cm³/mol. The summed E-state index contributed by atoms with van der Waals surface area (Å²) in [6.45, 7) is 2.17. The van der Waals surface area contributed by atoms with E-state index in [1.807, 2.05) is 49.4 Å². The number of methoxy groups -OCH3 is 1. The number of benzene rings is 4. The average molecular weight is 647 g/mol. The Hall–Kier alpha value is -4.60. The van der Waals surface area contributed by atoms with Crippen molar-refractivity contribution in [3.05, 3.63) is 111 Å². The summed E-state index contributed by atoms with van der Waals surface area (Å²) in [4.78, 5) is 29.2. The van der Waals surface area contributed by atoms with E-state index >= 15 is 0 Å². The number of carbonyl (C=O) groups excluding carboxylic acids is 2. The minimum atomic E-state index is -0.544. The van der Waals surface area contributed by atoms with E-state index in [0.717, 1.165) is 21.0 Å². The lowest BCUT2D eigenvalue weighted by molar-refractivity contribution is 0.0728. The fourth-order valence-corrected chi connectivity index (χ4v) is 5.05. The average Bonchev–Trinajstić information content (AvgIpc) is 3.41. The van der Waals surface area contributed by atoms with Crippen LogP contribution in [0.25, 0.3) is 22.0 Å². The van der Waals surface area contributed by atoms with Crippen molar-refractivity contribution >= 4 is 56.5 Å². The standard InChI is InChI=1S/C32H25BrClN3O5/c1-3-41-26-17-19(9-15-24(26)42-32(39)21-10-12-22(34)13-11-21)18-35-37-31(38)30-27(20-7-5-4-6-8-20)28-23(33)14-16-25(40-2)29(28)36-30/h4-18,36H,3H2,1-2H3,(H,37,38). The number of aromatic nitrogens is 1. The van der Waals surface area contributed by atoms with Gasteiger partial charge in [-0.25, -0.2) is 10.2 Å². The molecule has 8 nitrogen and oxygen atoms in total. The maximum Gasteiger partial charge on any atom is 0.343 e. The van der Waals surface area contributed by atoms with Gasteiger partial charge in [0.1, 0.15) is 11.4 Å². The minimum absolute atomic E-state index is 0.253. The van der Waals surface area contributed by atoms with E-state index in [2.05, 4.69) is 31.4 Å². The van der Waals surface area contributed by atoms with Crippen LogP contribution in [0.1, 0.15) is 33.3 Å². The van der Waals surface area contributed by atoms with Gasteiger partial charge in [0.25, 0.3) is 5.91 Å². The van der Waals surface area contributed by atoms with E-state index in [-0.39, 0.29) is 5.75 Å². The number of H-pyrrole nitrogens is 1. The van der Waals surface area contributed by atoms with E-state index in [9.17, 15) is 9.59 Å². The number of fused-ring (bicyclic) bond motifs is 1. The Morgan fingerprint density at radius 1 is 0.976 bits per heavy atom. The molecular formula is C32H25BrClN3O5. The molecule has 0 radical (unpaired) electrons. The number of hydrazone groups is 1. The first kappa shape index (κ1) is 28.9. The van der Waals surface area contributed by atoms with Crippen LogP contribution in [0.2, 0.25) is 5.02 Å². The molecule has 42 heavy (non-hydrogen) atoms. The van der Waals surface area contributed by atoms with Crippen LogP contribution in [0.15, 0.2) is 94.5 Å². The Labute approximate surface area is 255 Å². The number of nitrogens with one attached hydrogen (secondary N) is 2. The molecule has 10 heteroatoms. The van der Waals surface area contributed by atoms with Crippen molar-refractivity contribution in [3.8, 4) is 28.4 Å². The largest absolute Gasteiger partial charge is 0.495 e. The van der Waals surface area contributed by atoms with E-state index in [0.29, 0.717) is 45.5 Å². The van der Waals surface area contributed by atoms with Crippen molar-refractivity contribution < 1.29 is 23.8 Å². The molecule has 1 heterocycles. The van der Waals surface area contributed by atoms with E-state index < -0.39 is 11.9 Å². The molecule has 1 aromatic heterocycles. The highest BCUT2D eigenvalue weighted by atomic mass is 79.9. The monoisotopic (exact) mass is 645 g/mol. The maximum absolute atomic E-state index is 13.4. The number of nitrogens with zero attached hydrogens (tertiary/aromatic N) is 1. The molecule has 0 saturated carbocycles. The minimum Gasteiger partial charge on any atom is -0.495 e. The summed E-state index contributed by atoms with van der Waals surface area (Å²) in [5.41, 5.74) is 6.17. The molecule has 0 fully saturated rings. The van der Waals surface area contributed by atoms with Gasteiger partial charge in [-0.15, -0.1) is 0 Å². The molecule has 0 atom stereocenters. The predicted octanol–water partition coefficient (Wildman–Crippen LogP) is 7.64. The molecule has 5 aromatic rings. The Morgan fingerprint density at radius 2 is 1.71 bits per heavy atom. The van der Waals surface area contributed by atoms with Gasteiger partial charge in [-0.1, -0.05) is 57.9 Å². The number of halogens is 2. The molecule has 212 valence electrons. The zero-order valence-corrected chi connectivity index (χ0v) is 25.0. The third-order valence-electron chi connectivity index (χ3n) is 6.31. The van der Waals surface area contributed by atoms with Gasteiger partial charge in [0.2, 0.25) is 0 Å². The number of ether oxygens (including phenoxy) is 3. The molecule has 0 aliphatic heterocycles. The lowest BCUT2D eigenvalue weighted by Gasteiger charge is -2.11. The van der Waals surface area contributed by atoms with Crippen molar-refractivity contribution in [1.29, 1.82) is 0 Å². The fraction of sp³-hybridized carbons (Fsp3) is 0.0938. The molecule has 4 aromatic carbocycles. The van der Waals surface area contributed by atoms with Gasteiger partial charge in [0.05, 0.1) is 31.0 Å². The number of aromatic amines is 1. The zero-order chi connectivity index (χ0) is 29.6. The summed E-state index contributed by atoms with van der Waals surface area (Å²) in [6.07, 6.45) is 1.48. The maximum atomic E-state index is 13.4. The number of amides is 1. The first-order chi connectivity index (χ1) is 20.4. The second-order valence-electron chi connectivity index (χ2n) is 8.98. The van der Waals surface area contributed by atoms with Crippen molar-refractivity contribution in [2.45, 2.75) is 6.92 Å². The topological polar surface area (TPSA) is 102 Å². The van der Waals surface area contributed by atoms with Crippen LogP contribution in [0, 0.1) is 0 Å². The molecule has 0 saturated heterocycles. The van der Waals surface area contributed by atoms with Gasteiger partial charge in [0, 0.05) is 20.4 Å². The molecule has 0 spiro atoms. The van der Waals surface area contributed by atoms with Gasteiger partial charge >= 0.3 is 5.97 Å². The van der Waals surface area contributed by atoms with E-state index in [1.54, 1.807) is 49.6 Å². The highest BCUT2D eigenvalue weighted by molar-refractivity contribution is 9.10. The first-order valence-corrected chi connectivity index (χ1v) is 14.1. The number of hydrogen-bond acceptors (Lipinski definition) is 6. The van der Waals surface area contributed by atoms with Crippen molar-refractivity contribution in [1.82, 2.24) is 10.4 Å².